The minimum atomic E-state index is -2.98. The molecule has 0 spiro atoms. The number of sulfone groups is 1. The summed E-state index contributed by atoms with van der Waals surface area (Å²) in [6, 6.07) is 5.47. The van der Waals surface area contributed by atoms with Gasteiger partial charge in [0.25, 0.3) is 5.91 Å². The maximum Gasteiger partial charge on any atom is 0.251 e. The van der Waals surface area contributed by atoms with Crippen LogP contribution in [0, 0.1) is 0 Å². The van der Waals surface area contributed by atoms with Gasteiger partial charge in [-0.2, -0.15) is 0 Å². The molecule has 5 nitrogen and oxygen atoms in total. The SMILES string of the molecule is O=C(N[C@H]1CCS(=O)(=O)C1)c1ccc2[nH]c3c(c2c1)CCCCC3. The van der Waals surface area contributed by atoms with E-state index in [0.717, 1.165) is 23.7 Å². The minimum Gasteiger partial charge on any atom is -0.358 e. The molecule has 2 N–H and O–H groups in total. The van der Waals surface area contributed by atoms with Gasteiger partial charge >= 0.3 is 0 Å². The smallest absolute Gasteiger partial charge is 0.251 e. The van der Waals surface area contributed by atoms with E-state index in [1.807, 2.05) is 18.2 Å². The van der Waals surface area contributed by atoms with Crippen LogP contribution in [-0.4, -0.2) is 36.9 Å². The van der Waals surface area contributed by atoms with E-state index in [4.69, 9.17) is 0 Å². The van der Waals surface area contributed by atoms with Gasteiger partial charge in [0.1, 0.15) is 0 Å². The van der Waals surface area contributed by atoms with Crippen molar-refractivity contribution in [2.24, 2.45) is 0 Å². The van der Waals surface area contributed by atoms with Gasteiger partial charge in [0.2, 0.25) is 0 Å². The Morgan fingerprint density at radius 3 is 2.79 bits per heavy atom. The summed E-state index contributed by atoms with van der Waals surface area (Å²) in [5, 5.41) is 4.01. The molecular formula is C18H22N2O3S. The second-order valence-corrected chi connectivity index (χ2v) is 9.21. The standard InChI is InChI=1S/C18H22N2O3S/c21-18(19-13-8-9-24(22,23)11-13)12-6-7-17-15(10-12)14-4-2-1-3-5-16(14)20-17/h6-7,10,13,20H,1-5,8-9,11H2,(H,19,21)/t13-/m0/s1. The van der Waals surface area contributed by atoms with Crippen molar-refractivity contribution in [1.29, 1.82) is 0 Å². The summed E-state index contributed by atoms with van der Waals surface area (Å²) < 4.78 is 23.1. The Morgan fingerprint density at radius 1 is 1.17 bits per heavy atom. The first-order valence-electron chi connectivity index (χ1n) is 8.67. The average molecular weight is 346 g/mol. The molecule has 6 heteroatoms. The summed E-state index contributed by atoms with van der Waals surface area (Å²) in [4.78, 5) is 16.0. The summed E-state index contributed by atoms with van der Waals surface area (Å²) in [5.74, 6) is 0.0469. The maximum absolute atomic E-state index is 12.5. The molecule has 1 atom stereocenters. The van der Waals surface area contributed by atoms with Gasteiger partial charge < -0.3 is 10.3 Å². The number of carbonyl (C=O) groups excluding carboxylic acids is 1. The van der Waals surface area contributed by atoms with Gasteiger partial charge in [0.05, 0.1) is 11.5 Å². The van der Waals surface area contributed by atoms with E-state index in [1.54, 1.807) is 0 Å². The predicted molar refractivity (Wildman–Crippen MR) is 94.1 cm³/mol. The van der Waals surface area contributed by atoms with Gasteiger partial charge in [-0.15, -0.1) is 0 Å². The molecule has 2 aromatic rings. The summed E-state index contributed by atoms with van der Waals surface area (Å²) in [6.45, 7) is 0. The Kier molecular flexibility index (Phi) is 3.87. The van der Waals surface area contributed by atoms with Gasteiger partial charge in [-0.05, 0) is 55.9 Å². The average Bonchev–Trinajstić information content (AvgIpc) is 2.96. The number of hydrogen-bond acceptors (Lipinski definition) is 3. The number of rotatable bonds is 2. The van der Waals surface area contributed by atoms with Crippen molar-refractivity contribution in [3.05, 3.63) is 35.0 Å². The highest BCUT2D eigenvalue weighted by Gasteiger charge is 2.29. The second kappa shape index (κ2) is 5.92. The Balaban J connectivity index is 1.60. The van der Waals surface area contributed by atoms with Crippen LogP contribution in [0.2, 0.25) is 0 Å². The number of carbonyl (C=O) groups is 1. The number of benzene rings is 1. The van der Waals surface area contributed by atoms with Crippen LogP contribution in [0.5, 0.6) is 0 Å². The molecule has 1 aromatic carbocycles. The van der Waals surface area contributed by atoms with E-state index in [9.17, 15) is 13.2 Å². The fraction of sp³-hybridized carbons (Fsp3) is 0.500. The zero-order valence-electron chi connectivity index (χ0n) is 13.6. The van der Waals surface area contributed by atoms with Crippen LogP contribution < -0.4 is 5.32 Å². The van der Waals surface area contributed by atoms with Gasteiger partial charge in [0.15, 0.2) is 9.84 Å². The van der Waals surface area contributed by atoms with Crippen molar-refractivity contribution in [2.45, 2.75) is 44.6 Å². The molecule has 2 heterocycles. The second-order valence-electron chi connectivity index (χ2n) is 6.98. The molecule has 1 saturated heterocycles. The number of fused-ring (bicyclic) bond motifs is 3. The van der Waals surface area contributed by atoms with Crippen LogP contribution in [0.25, 0.3) is 10.9 Å². The van der Waals surface area contributed by atoms with E-state index >= 15 is 0 Å². The van der Waals surface area contributed by atoms with E-state index in [0.29, 0.717) is 12.0 Å². The molecule has 1 fully saturated rings. The molecule has 4 rings (SSSR count). The van der Waals surface area contributed by atoms with Gasteiger partial charge in [-0.25, -0.2) is 8.42 Å². The predicted octanol–water partition coefficient (Wildman–Crippen LogP) is 2.35. The summed E-state index contributed by atoms with van der Waals surface area (Å²) in [6.07, 6.45) is 6.29. The maximum atomic E-state index is 12.5. The van der Waals surface area contributed by atoms with Crippen molar-refractivity contribution in [2.75, 3.05) is 11.5 Å². The lowest BCUT2D eigenvalue weighted by atomic mass is 10.0. The largest absolute Gasteiger partial charge is 0.358 e. The lowest BCUT2D eigenvalue weighted by Crippen LogP contribution is -2.35. The van der Waals surface area contributed by atoms with Gasteiger partial charge in [0, 0.05) is 28.2 Å². The first-order valence-corrected chi connectivity index (χ1v) is 10.5. The molecule has 1 amide bonds. The molecule has 0 radical (unpaired) electrons. The van der Waals surface area contributed by atoms with Crippen molar-refractivity contribution in [1.82, 2.24) is 10.3 Å². The van der Waals surface area contributed by atoms with Crippen LogP contribution in [0.1, 0.15) is 47.3 Å². The van der Waals surface area contributed by atoms with Crippen molar-refractivity contribution < 1.29 is 13.2 Å². The number of amides is 1. The molecule has 1 aromatic heterocycles. The van der Waals surface area contributed by atoms with Crippen LogP contribution in [-0.2, 0) is 22.7 Å². The van der Waals surface area contributed by atoms with Crippen molar-refractivity contribution in [3.63, 3.8) is 0 Å². The zero-order valence-corrected chi connectivity index (χ0v) is 14.4. The van der Waals surface area contributed by atoms with Crippen LogP contribution in [0.4, 0.5) is 0 Å². The fourth-order valence-electron chi connectivity index (χ4n) is 3.90. The number of nitrogens with one attached hydrogen (secondary N) is 2. The van der Waals surface area contributed by atoms with Crippen LogP contribution in [0.15, 0.2) is 18.2 Å². The minimum absolute atomic E-state index is 0.0561. The number of hydrogen-bond donors (Lipinski definition) is 2. The third-order valence-electron chi connectivity index (χ3n) is 5.18. The molecule has 0 bridgehead atoms. The Hall–Kier alpha value is -1.82. The van der Waals surface area contributed by atoms with E-state index in [2.05, 4.69) is 10.3 Å². The number of aromatic amines is 1. The van der Waals surface area contributed by atoms with Crippen molar-refractivity contribution >= 4 is 26.6 Å². The first-order chi connectivity index (χ1) is 11.5. The zero-order chi connectivity index (χ0) is 16.7. The number of aryl methyl sites for hydroxylation is 2. The highest BCUT2D eigenvalue weighted by Crippen LogP contribution is 2.29. The third kappa shape index (κ3) is 2.95. The quantitative estimate of drug-likeness (QED) is 0.819. The highest BCUT2D eigenvalue weighted by atomic mass is 32.2. The molecule has 128 valence electrons. The molecule has 0 unspecified atom stereocenters. The van der Waals surface area contributed by atoms with E-state index in [-0.39, 0.29) is 23.5 Å². The van der Waals surface area contributed by atoms with E-state index in [1.165, 1.54) is 30.5 Å². The van der Waals surface area contributed by atoms with Crippen LogP contribution in [0.3, 0.4) is 0 Å². The Bertz CT molecular complexity index is 898. The summed E-state index contributed by atoms with van der Waals surface area (Å²) in [5.41, 5.74) is 4.35. The van der Waals surface area contributed by atoms with E-state index < -0.39 is 9.84 Å². The monoisotopic (exact) mass is 346 g/mol. The van der Waals surface area contributed by atoms with Gasteiger partial charge in [-0.3, -0.25) is 4.79 Å². The molecule has 1 aliphatic heterocycles. The molecular weight excluding hydrogens is 324 g/mol. The first kappa shape index (κ1) is 15.7. The highest BCUT2D eigenvalue weighted by molar-refractivity contribution is 7.91. The lowest BCUT2D eigenvalue weighted by molar-refractivity contribution is 0.0941. The molecule has 0 saturated carbocycles. The third-order valence-corrected chi connectivity index (χ3v) is 6.95. The number of aromatic nitrogens is 1. The fourth-order valence-corrected chi connectivity index (χ4v) is 5.57. The topological polar surface area (TPSA) is 79.0 Å². The normalized spacial score (nSPS) is 22.9. The molecule has 1 aliphatic carbocycles. The van der Waals surface area contributed by atoms with Gasteiger partial charge in [-0.1, -0.05) is 6.42 Å². The molecule has 24 heavy (non-hydrogen) atoms. The number of H-pyrrole nitrogens is 1. The van der Waals surface area contributed by atoms with Crippen LogP contribution >= 0.6 is 0 Å². The van der Waals surface area contributed by atoms with Crippen molar-refractivity contribution in [3.8, 4) is 0 Å². The summed E-state index contributed by atoms with van der Waals surface area (Å²) in [7, 11) is -2.98. The summed E-state index contributed by atoms with van der Waals surface area (Å²) >= 11 is 0. The molecule has 2 aliphatic rings. The Labute approximate surface area is 141 Å². The lowest BCUT2D eigenvalue weighted by Gasteiger charge is -2.11. The Morgan fingerprint density at radius 2 is 2.00 bits per heavy atom.